The van der Waals surface area contributed by atoms with Gasteiger partial charge in [0.15, 0.2) is 11.5 Å². The molecule has 1 N–H and O–H groups in total. The number of nitrogens with one attached hydrogen (secondary N) is 1. The number of thiophene rings is 1. The first-order valence-electron chi connectivity index (χ1n) is 8.83. The Hall–Kier alpha value is -1.81. The second-order valence-corrected chi connectivity index (χ2v) is 10.5. The number of amides is 1. The van der Waals surface area contributed by atoms with E-state index < -0.39 is 16.1 Å². The summed E-state index contributed by atoms with van der Waals surface area (Å²) in [5.41, 5.74) is 0.857. The number of benzene rings is 1. The van der Waals surface area contributed by atoms with Gasteiger partial charge in [-0.15, -0.1) is 11.3 Å². The third-order valence-electron chi connectivity index (χ3n) is 4.87. The van der Waals surface area contributed by atoms with Gasteiger partial charge in [-0.1, -0.05) is 17.7 Å². The summed E-state index contributed by atoms with van der Waals surface area (Å²) in [5.74, 6) is 0.997. The van der Waals surface area contributed by atoms with E-state index in [1.807, 2.05) is 19.1 Å². The van der Waals surface area contributed by atoms with Gasteiger partial charge in [0.2, 0.25) is 12.7 Å². The Morgan fingerprint density at radius 2 is 2.07 bits per heavy atom. The van der Waals surface area contributed by atoms with Crippen LogP contribution in [0.25, 0.3) is 0 Å². The molecular weight excluding hydrogens is 424 g/mol. The molecule has 2 aliphatic heterocycles. The molecule has 10 heteroatoms. The van der Waals surface area contributed by atoms with E-state index in [1.54, 1.807) is 12.1 Å². The van der Waals surface area contributed by atoms with E-state index in [1.165, 1.54) is 10.4 Å². The summed E-state index contributed by atoms with van der Waals surface area (Å²) < 4.78 is 38.3. The van der Waals surface area contributed by atoms with E-state index in [4.69, 9.17) is 21.1 Å². The number of carbonyl (C=O) groups is 1. The maximum absolute atomic E-state index is 12.9. The van der Waals surface area contributed by atoms with Crippen molar-refractivity contribution in [2.45, 2.75) is 36.1 Å². The molecule has 3 heterocycles. The van der Waals surface area contributed by atoms with Crippen molar-refractivity contribution in [2.24, 2.45) is 0 Å². The average molecular weight is 443 g/mol. The van der Waals surface area contributed by atoms with Crippen LogP contribution in [0, 0.1) is 0 Å². The van der Waals surface area contributed by atoms with Gasteiger partial charge in [-0.25, -0.2) is 8.42 Å². The van der Waals surface area contributed by atoms with Gasteiger partial charge in [0.1, 0.15) is 10.3 Å². The van der Waals surface area contributed by atoms with E-state index in [-0.39, 0.29) is 23.0 Å². The monoisotopic (exact) mass is 442 g/mol. The van der Waals surface area contributed by atoms with Crippen LogP contribution in [0.15, 0.2) is 34.5 Å². The zero-order valence-corrected chi connectivity index (χ0v) is 17.4. The molecule has 1 aromatic heterocycles. The van der Waals surface area contributed by atoms with Crippen LogP contribution in [-0.4, -0.2) is 38.0 Å². The number of nitrogens with zero attached hydrogens (tertiary/aromatic N) is 1. The summed E-state index contributed by atoms with van der Waals surface area (Å²) >= 11 is 6.88. The highest BCUT2D eigenvalue weighted by Gasteiger charge is 2.40. The minimum absolute atomic E-state index is 0.154. The Kier molecular flexibility index (Phi) is 5.26. The molecule has 7 nitrogen and oxygen atoms in total. The lowest BCUT2D eigenvalue weighted by Crippen LogP contribution is -2.46. The molecule has 1 fully saturated rings. The highest BCUT2D eigenvalue weighted by Crippen LogP contribution is 2.35. The molecule has 0 radical (unpaired) electrons. The number of ether oxygens (including phenoxy) is 2. The Balaban J connectivity index is 1.49. The molecule has 0 spiro atoms. The molecule has 2 aromatic rings. The van der Waals surface area contributed by atoms with Crippen LogP contribution in [0.3, 0.4) is 0 Å². The highest BCUT2D eigenvalue weighted by atomic mass is 35.5. The van der Waals surface area contributed by atoms with Crippen molar-refractivity contribution < 1.29 is 22.7 Å². The van der Waals surface area contributed by atoms with Crippen molar-refractivity contribution in [1.29, 1.82) is 0 Å². The van der Waals surface area contributed by atoms with Crippen molar-refractivity contribution in [1.82, 2.24) is 9.62 Å². The minimum Gasteiger partial charge on any atom is -0.454 e. The van der Waals surface area contributed by atoms with Gasteiger partial charge < -0.3 is 14.8 Å². The van der Waals surface area contributed by atoms with E-state index in [0.717, 1.165) is 16.9 Å². The molecule has 2 atom stereocenters. The zero-order valence-electron chi connectivity index (χ0n) is 15.1. The van der Waals surface area contributed by atoms with Crippen molar-refractivity contribution in [3.05, 3.63) is 40.2 Å². The number of rotatable bonds is 5. The van der Waals surface area contributed by atoms with Crippen LogP contribution in [0.2, 0.25) is 4.34 Å². The number of hydrogen-bond donors (Lipinski definition) is 1. The summed E-state index contributed by atoms with van der Waals surface area (Å²) in [6.07, 6.45) is 1.12. The maximum atomic E-state index is 12.9. The topological polar surface area (TPSA) is 84.9 Å². The third kappa shape index (κ3) is 3.59. The third-order valence-corrected chi connectivity index (χ3v) is 8.48. The van der Waals surface area contributed by atoms with Gasteiger partial charge in [-0.2, -0.15) is 4.31 Å². The lowest BCUT2D eigenvalue weighted by atomic mass is 10.1. The fraction of sp³-hybridized carbons (Fsp3) is 0.389. The van der Waals surface area contributed by atoms with E-state index >= 15 is 0 Å². The summed E-state index contributed by atoms with van der Waals surface area (Å²) in [4.78, 5) is 12.9. The minimum atomic E-state index is -3.75. The van der Waals surface area contributed by atoms with Crippen LogP contribution in [0.5, 0.6) is 11.5 Å². The fourth-order valence-corrected chi connectivity index (χ4v) is 6.69. The molecule has 0 aliphatic carbocycles. The van der Waals surface area contributed by atoms with Crippen LogP contribution >= 0.6 is 22.9 Å². The van der Waals surface area contributed by atoms with Crippen LogP contribution < -0.4 is 14.8 Å². The van der Waals surface area contributed by atoms with Crippen molar-refractivity contribution in [2.75, 3.05) is 13.3 Å². The van der Waals surface area contributed by atoms with Gasteiger partial charge in [-0.3, -0.25) is 4.79 Å². The molecule has 0 bridgehead atoms. The van der Waals surface area contributed by atoms with Crippen LogP contribution in [-0.2, 0) is 14.8 Å². The number of fused-ring (bicyclic) bond motifs is 1. The Morgan fingerprint density at radius 1 is 1.29 bits per heavy atom. The predicted molar refractivity (Wildman–Crippen MR) is 105 cm³/mol. The van der Waals surface area contributed by atoms with Crippen LogP contribution in [0.4, 0.5) is 0 Å². The van der Waals surface area contributed by atoms with Gasteiger partial charge in [0.05, 0.1) is 10.4 Å². The lowest BCUT2D eigenvalue weighted by molar-refractivity contribution is -0.124. The number of halogens is 1. The second kappa shape index (κ2) is 7.55. The number of hydrogen-bond acceptors (Lipinski definition) is 6. The van der Waals surface area contributed by atoms with Crippen molar-refractivity contribution in [3.8, 4) is 11.5 Å². The Morgan fingerprint density at radius 3 is 2.82 bits per heavy atom. The normalized spacial score (nSPS) is 20.3. The smallest absolute Gasteiger partial charge is 0.253 e. The summed E-state index contributed by atoms with van der Waals surface area (Å²) in [6.45, 7) is 2.35. The standard InChI is InChI=1S/C18H19ClN2O5S2/c1-11(12-4-5-14-15(9-12)26-10-25-14)20-18(22)13-3-2-8-21(13)28(23,24)17-7-6-16(19)27-17/h4-7,9,11,13H,2-3,8,10H2,1H3,(H,20,22). The van der Waals surface area contributed by atoms with E-state index in [0.29, 0.717) is 35.2 Å². The zero-order chi connectivity index (χ0) is 19.9. The molecule has 4 rings (SSSR count). The highest BCUT2D eigenvalue weighted by molar-refractivity contribution is 7.91. The SMILES string of the molecule is CC(NC(=O)C1CCCN1S(=O)(=O)c1ccc(Cl)s1)c1ccc2c(c1)OCO2. The molecular formula is C18H19ClN2O5S2. The second-order valence-electron chi connectivity index (χ2n) is 6.68. The quantitative estimate of drug-likeness (QED) is 0.768. The van der Waals surface area contributed by atoms with Gasteiger partial charge in [-0.05, 0) is 49.6 Å². The van der Waals surface area contributed by atoms with Gasteiger partial charge in [0, 0.05) is 6.54 Å². The number of sulfonamides is 1. The fourth-order valence-electron chi connectivity index (χ4n) is 3.42. The first kappa shape index (κ1) is 19.5. The summed E-state index contributed by atoms with van der Waals surface area (Å²) in [7, 11) is -3.75. The summed E-state index contributed by atoms with van der Waals surface area (Å²) in [5, 5.41) is 2.92. The predicted octanol–water partition coefficient (Wildman–Crippen LogP) is 3.16. The number of carbonyl (C=O) groups excluding carboxylic acids is 1. The molecule has 150 valence electrons. The summed E-state index contributed by atoms with van der Waals surface area (Å²) in [6, 6.07) is 7.47. The van der Waals surface area contributed by atoms with E-state index in [2.05, 4.69) is 5.32 Å². The first-order valence-corrected chi connectivity index (χ1v) is 11.5. The van der Waals surface area contributed by atoms with Crippen LogP contribution in [0.1, 0.15) is 31.4 Å². The molecule has 2 unspecified atom stereocenters. The molecule has 1 aromatic carbocycles. The first-order chi connectivity index (χ1) is 13.4. The maximum Gasteiger partial charge on any atom is 0.253 e. The van der Waals surface area contributed by atoms with Gasteiger partial charge >= 0.3 is 0 Å². The molecule has 0 saturated carbocycles. The molecule has 28 heavy (non-hydrogen) atoms. The molecule has 2 aliphatic rings. The molecule has 1 amide bonds. The molecule has 1 saturated heterocycles. The lowest BCUT2D eigenvalue weighted by Gasteiger charge is -2.24. The Labute approximate surface area is 172 Å². The van der Waals surface area contributed by atoms with Crippen molar-refractivity contribution in [3.63, 3.8) is 0 Å². The van der Waals surface area contributed by atoms with Crippen molar-refractivity contribution >= 4 is 38.9 Å². The average Bonchev–Trinajstić information content (AvgIpc) is 3.40. The van der Waals surface area contributed by atoms with Gasteiger partial charge in [0.25, 0.3) is 10.0 Å². The largest absolute Gasteiger partial charge is 0.454 e. The van der Waals surface area contributed by atoms with E-state index in [9.17, 15) is 13.2 Å². The Bertz CT molecular complexity index is 1010.